The van der Waals surface area contributed by atoms with E-state index >= 15 is 0 Å². The third-order valence-electron chi connectivity index (χ3n) is 4.18. The predicted molar refractivity (Wildman–Crippen MR) is 72.2 cm³/mol. The summed E-state index contributed by atoms with van der Waals surface area (Å²) in [7, 11) is 0. The van der Waals surface area contributed by atoms with Gasteiger partial charge in [0.1, 0.15) is 0 Å². The van der Waals surface area contributed by atoms with E-state index in [1.54, 1.807) is 0 Å². The molecule has 1 aliphatic rings. The molecule has 102 valence electrons. The van der Waals surface area contributed by atoms with Crippen molar-refractivity contribution in [1.29, 1.82) is 0 Å². The largest absolute Gasteiger partial charge is 0.394 e. The van der Waals surface area contributed by atoms with Crippen molar-refractivity contribution >= 4 is 0 Å². The maximum Gasteiger partial charge on any atom is 0.0948 e. The van der Waals surface area contributed by atoms with Crippen LogP contribution in [0.1, 0.15) is 45.2 Å². The van der Waals surface area contributed by atoms with E-state index in [4.69, 9.17) is 0 Å². The van der Waals surface area contributed by atoms with Crippen molar-refractivity contribution in [3.05, 3.63) is 18.2 Å². The van der Waals surface area contributed by atoms with Gasteiger partial charge in [0, 0.05) is 24.8 Å². The second kappa shape index (κ2) is 5.85. The van der Waals surface area contributed by atoms with Gasteiger partial charge in [-0.2, -0.15) is 0 Å². The fourth-order valence-electron chi connectivity index (χ4n) is 3.08. The average molecular weight is 251 g/mol. The highest BCUT2D eigenvalue weighted by atomic mass is 16.3. The second-order valence-corrected chi connectivity index (χ2v) is 5.66. The molecule has 0 aliphatic heterocycles. The summed E-state index contributed by atoms with van der Waals surface area (Å²) >= 11 is 0. The van der Waals surface area contributed by atoms with Crippen molar-refractivity contribution in [3.63, 3.8) is 0 Å². The van der Waals surface area contributed by atoms with Gasteiger partial charge in [-0.15, -0.1) is 0 Å². The topological polar surface area (TPSA) is 50.1 Å². The van der Waals surface area contributed by atoms with Crippen LogP contribution in [0.15, 0.2) is 12.5 Å². The number of aliphatic hydroxyl groups is 1. The molecule has 18 heavy (non-hydrogen) atoms. The van der Waals surface area contributed by atoms with Crippen LogP contribution in [0, 0.1) is 5.92 Å². The molecule has 1 heterocycles. The fourth-order valence-corrected chi connectivity index (χ4v) is 3.08. The lowest BCUT2D eigenvalue weighted by atomic mass is 9.77. The molecule has 4 heteroatoms. The number of rotatable bonds is 5. The molecule has 0 saturated heterocycles. The minimum Gasteiger partial charge on any atom is -0.394 e. The van der Waals surface area contributed by atoms with Crippen molar-refractivity contribution in [2.24, 2.45) is 5.92 Å². The number of hydrogen-bond donors (Lipinski definition) is 2. The van der Waals surface area contributed by atoms with Gasteiger partial charge in [0.15, 0.2) is 0 Å². The maximum absolute atomic E-state index is 9.73. The Morgan fingerprint density at radius 2 is 2.44 bits per heavy atom. The van der Waals surface area contributed by atoms with Gasteiger partial charge >= 0.3 is 0 Å². The molecule has 0 bridgehead atoms. The zero-order valence-corrected chi connectivity index (χ0v) is 11.5. The Balaban J connectivity index is 1.98. The Bertz CT molecular complexity index is 377. The van der Waals surface area contributed by atoms with Crippen LogP contribution in [0.3, 0.4) is 0 Å². The third-order valence-corrected chi connectivity index (χ3v) is 4.18. The van der Waals surface area contributed by atoms with Crippen molar-refractivity contribution in [3.8, 4) is 0 Å². The van der Waals surface area contributed by atoms with E-state index in [2.05, 4.69) is 28.7 Å². The van der Waals surface area contributed by atoms with Gasteiger partial charge in [0.05, 0.1) is 18.6 Å². The monoisotopic (exact) mass is 251 g/mol. The second-order valence-electron chi connectivity index (χ2n) is 5.66. The normalized spacial score (nSPS) is 28.5. The molecular weight excluding hydrogens is 226 g/mol. The molecule has 2 rings (SSSR count). The summed E-state index contributed by atoms with van der Waals surface area (Å²) in [6, 6.07) is 0. The van der Waals surface area contributed by atoms with Gasteiger partial charge in [0.25, 0.3) is 0 Å². The number of aromatic nitrogens is 2. The molecule has 0 aromatic carbocycles. The van der Waals surface area contributed by atoms with Crippen molar-refractivity contribution in [2.45, 2.75) is 58.2 Å². The quantitative estimate of drug-likeness (QED) is 0.841. The van der Waals surface area contributed by atoms with Crippen LogP contribution in [0.5, 0.6) is 0 Å². The van der Waals surface area contributed by atoms with E-state index < -0.39 is 0 Å². The summed E-state index contributed by atoms with van der Waals surface area (Å²) in [6.45, 7) is 6.37. The lowest BCUT2D eigenvalue weighted by Gasteiger charge is -2.39. The van der Waals surface area contributed by atoms with Crippen LogP contribution in [-0.4, -0.2) is 26.8 Å². The minimum atomic E-state index is -0.0828. The Labute approximate surface area is 109 Å². The van der Waals surface area contributed by atoms with Gasteiger partial charge < -0.3 is 15.0 Å². The Morgan fingerprint density at radius 3 is 3.11 bits per heavy atom. The zero-order chi connectivity index (χ0) is 13.0. The highest BCUT2D eigenvalue weighted by Crippen LogP contribution is 2.32. The summed E-state index contributed by atoms with van der Waals surface area (Å²) in [4.78, 5) is 4.18. The van der Waals surface area contributed by atoms with Crippen LogP contribution in [-0.2, 0) is 13.1 Å². The molecule has 1 aromatic heterocycles. The Morgan fingerprint density at radius 1 is 1.61 bits per heavy atom. The Kier molecular flexibility index (Phi) is 4.40. The van der Waals surface area contributed by atoms with E-state index in [1.165, 1.54) is 18.5 Å². The molecule has 1 aromatic rings. The highest BCUT2D eigenvalue weighted by Gasteiger charge is 2.33. The maximum atomic E-state index is 9.73. The van der Waals surface area contributed by atoms with Crippen molar-refractivity contribution in [1.82, 2.24) is 14.9 Å². The molecule has 2 unspecified atom stereocenters. The molecule has 2 atom stereocenters. The lowest BCUT2D eigenvalue weighted by Crippen LogP contribution is -2.51. The average Bonchev–Trinajstić information content (AvgIpc) is 2.84. The van der Waals surface area contributed by atoms with Crippen LogP contribution >= 0.6 is 0 Å². The fraction of sp³-hybridized carbons (Fsp3) is 0.786. The first-order valence-corrected chi connectivity index (χ1v) is 7.04. The highest BCUT2D eigenvalue weighted by molar-refractivity contribution is 5.01. The minimum absolute atomic E-state index is 0.0828. The van der Waals surface area contributed by atoms with Crippen LogP contribution in [0.25, 0.3) is 0 Å². The molecule has 2 N–H and O–H groups in total. The van der Waals surface area contributed by atoms with Gasteiger partial charge in [-0.25, -0.2) is 4.98 Å². The van der Waals surface area contributed by atoms with Crippen molar-refractivity contribution in [2.75, 3.05) is 6.61 Å². The number of nitrogens with zero attached hydrogens (tertiary/aromatic N) is 2. The SMILES string of the molecule is CCn1cncc1CNC1(CO)CCCC(C)C1. The molecule has 0 radical (unpaired) electrons. The van der Waals surface area contributed by atoms with Gasteiger partial charge in [-0.3, -0.25) is 0 Å². The number of imidazole rings is 1. The first-order chi connectivity index (χ1) is 8.69. The Hall–Kier alpha value is -0.870. The predicted octanol–water partition coefficient (Wildman–Crippen LogP) is 1.93. The van der Waals surface area contributed by atoms with E-state index in [0.29, 0.717) is 5.92 Å². The first kappa shape index (κ1) is 13.6. The molecule has 0 spiro atoms. The lowest BCUT2D eigenvalue weighted by molar-refractivity contribution is 0.0976. The summed E-state index contributed by atoms with van der Waals surface area (Å²) in [5.74, 6) is 0.703. The summed E-state index contributed by atoms with van der Waals surface area (Å²) in [6.07, 6.45) is 8.43. The molecule has 1 fully saturated rings. The van der Waals surface area contributed by atoms with Crippen molar-refractivity contribution < 1.29 is 5.11 Å². The van der Waals surface area contributed by atoms with Crippen LogP contribution in [0.2, 0.25) is 0 Å². The van der Waals surface area contributed by atoms with Gasteiger partial charge in [0.2, 0.25) is 0 Å². The molecule has 4 nitrogen and oxygen atoms in total. The number of nitrogens with one attached hydrogen (secondary N) is 1. The molecule has 0 amide bonds. The number of aryl methyl sites for hydroxylation is 1. The smallest absolute Gasteiger partial charge is 0.0948 e. The van der Waals surface area contributed by atoms with Crippen LogP contribution < -0.4 is 5.32 Å². The number of hydrogen-bond acceptors (Lipinski definition) is 3. The molecular formula is C14H25N3O. The standard InChI is InChI=1S/C14H25N3O/c1-3-17-11-15-8-13(17)9-16-14(10-18)6-4-5-12(2)7-14/h8,11-12,16,18H,3-7,9-10H2,1-2H3. The summed E-state index contributed by atoms with van der Waals surface area (Å²) in [5.41, 5.74) is 1.11. The summed E-state index contributed by atoms with van der Waals surface area (Å²) in [5, 5.41) is 13.3. The van der Waals surface area contributed by atoms with E-state index in [9.17, 15) is 5.11 Å². The van der Waals surface area contributed by atoms with E-state index in [0.717, 1.165) is 25.9 Å². The number of aliphatic hydroxyl groups excluding tert-OH is 1. The van der Waals surface area contributed by atoms with Gasteiger partial charge in [-0.1, -0.05) is 19.8 Å². The molecule has 1 saturated carbocycles. The third kappa shape index (κ3) is 2.93. The molecule has 1 aliphatic carbocycles. The summed E-state index contributed by atoms with van der Waals surface area (Å²) < 4.78 is 2.14. The first-order valence-electron chi connectivity index (χ1n) is 7.04. The van der Waals surface area contributed by atoms with E-state index in [1.807, 2.05) is 12.5 Å². The van der Waals surface area contributed by atoms with E-state index in [-0.39, 0.29) is 12.1 Å². The van der Waals surface area contributed by atoms with Gasteiger partial charge in [-0.05, 0) is 25.7 Å². The zero-order valence-electron chi connectivity index (χ0n) is 11.5. The van der Waals surface area contributed by atoms with Crippen LogP contribution in [0.4, 0.5) is 0 Å².